The van der Waals surface area contributed by atoms with E-state index < -0.39 is 17.2 Å². The second-order valence-electron chi connectivity index (χ2n) is 4.21. The van der Waals surface area contributed by atoms with E-state index in [4.69, 9.17) is 19.5 Å². The van der Waals surface area contributed by atoms with Crippen LogP contribution in [0, 0.1) is 16.7 Å². The minimum Gasteiger partial charge on any atom is -0.468 e. The lowest BCUT2D eigenvalue weighted by atomic mass is 9.78. The number of nitriles is 1. The Morgan fingerprint density at radius 3 is 2.69 bits per heavy atom. The predicted molar refractivity (Wildman–Crippen MR) is 53.2 cm³/mol. The first-order valence-electron chi connectivity index (χ1n) is 5.44. The molecule has 0 unspecified atom stereocenters. The number of hydrogen-bond acceptors (Lipinski definition) is 5. The molecular formula is C11H15NO4. The topological polar surface area (TPSA) is 68.6 Å². The van der Waals surface area contributed by atoms with Gasteiger partial charge in [0.25, 0.3) is 0 Å². The molecule has 0 bridgehead atoms. The summed E-state index contributed by atoms with van der Waals surface area (Å²) >= 11 is 0. The van der Waals surface area contributed by atoms with Gasteiger partial charge in [0.15, 0.2) is 5.79 Å². The van der Waals surface area contributed by atoms with Crippen LogP contribution in [0.1, 0.15) is 25.7 Å². The summed E-state index contributed by atoms with van der Waals surface area (Å²) in [6.45, 7) is 0.953. The van der Waals surface area contributed by atoms with Crippen LogP contribution in [0.2, 0.25) is 0 Å². The number of esters is 1. The highest BCUT2D eigenvalue weighted by atomic mass is 16.7. The first-order valence-corrected chi connectivity index (χ1v) is 5.44. The van der Waals surface area contributed by atoms with Gasteiger partial charge in [-0.05, 0) is 12.8 Å². The van der Waals surface area contributed by atoms with Gasteiger partial charge < -0.3 is 14.2 Å². The molecule has 0 amide bonds. The van der Waals surface area contributed by atoms with Crippen LogP contribution in [-0.2, 0) is 19.0 Å². The van der Waals surface area contributed by atoms with E-state index in [0.717, 1.165) is 6.42 Å². The number of carbonyl (C=O) groups is 1. The van der Waals surface area contributed by atoms with Gasteiger partial charge in [-0.25, -0.2) is 0 Å². The normalized spacial score (nSPS) is 31.5. The van der Waals surface area contributed by atoms with Crippen LogP contribution in [-0.4, -0.2) is 32.1 Å². The summed E-state index contributed by atoms with van der Waals surface area (Å²) in [5.74, 6) is -1.32. The number of hydrogen-bond donors (Lipinski definition) is 0. The Bertz CT molecular complexity index is 324. The van der Waals surface area contributed by atoms with Crippen molar-refractivity contribution in [2.45, 2.75) is 31.5 Å². The van der Waals surface area contributed by atoms with Gasteiger partial charge in [-0.2, -0.15) is 5.26 Å². The molecule has 5 nitrogen and oxygen atoms in total. The van der Waals surface area contributed by atoms with E-state index in [1.54, 1.807) is 0 Å². The fourth-order valence-electron chi connectivity index (χ4n) is 2.81. The molecule has 0 radical (unpaired) electrons. The van der Waals surface area contributed by atoms with Gasteiger partial charge in [0.05, 0.1) is 32.8 Å². The molecule has 1 heterocycles. The molecule has 16 heavy (non-hydrogen) atoms. The molecule has 1 saturated heterocycles. The van der Waals surface area contributed by atoms with Crippen LogP contribution in [0.25, 0.3) is 0 Å². The van der Waals surface area contributed by atoms with E-state index >= 15 is 0 Å². The third kappa shape index (κ3) is 1.34. The molecule has 1 aliphatic carbocycles. The first-order chi connectivity index (χ1) is 7.71. The minimum atomic E-state index is -0.938. The molecule has 2 rings (SSSR count). The summed E-state index contributed by atoms with van der Waals surface area (Å²) < 4.78 is 16.1. The molecule has 88 valence electrons. The SMILES string of the molecule is COC(=O)[C@]1(CC#N)CCCC12OCCO2. The van der Waals surface area contributed by atoms with Crippen molar-refractivity contribution in [2.24, 2.45) is 5.41 Å². The molecular weight excluding hydrogens is 210 g/mol. The van der Waals surface area contributed by atoms with E-state index in [1.165, 1.54) is 7.11 Å². The van der Waals surface area contributed by atoms with Crippen molar-refractivity contribution >= 4 is 5.97 Å². The number of nitrogens with zero attached hydrogens (tertiary/aromatic N) is 1. The van der Waals surface area contributed by atoms with Crippen molar-refractivity contribution in [1.82, 2.24) is 0 Å². The zero-order valence-corrected chi connectivity index (χ0v) is 9.32. The fraction of sp³-hybridized carbons (Fsp3) is 0.818. The summed E-state index contributed by atoms with van der Waals surface area (Å²) in [5, 5.41) is 8.91. The fourth-order valence-corrected chi connectivity index (χ4v) is 2.81. The van der Waals surface area contributed by atoms with Crippen LogP contribution in [0.15, 0.2) is 0 Å². The third-order valence-electron chi connectivity index (χ3n) is 3.55. The van der Waals surface area contributed by atoms with Gasteiger partial charge in [0, 0.05) is 6.42 Å². The predicted octanol–water partition coefficient (Wildman–Crippen LogP) is 0.986. The highest BCUT2D eigenvalue weighted by Crippen LogP contribution is 2.54. The Hall–Kier alpha value is -1.12. The van der Waals surface area contributed by atoms with Crippen molar-refractivity contribution in [2.75, 3.05) is 20.3 Å². The van der Waals surface area contributed by atoms with Crippen LogP contribution in [0.5, 0.6) is 0 Å². The monoisotopic (exact) mass is 225 g/mol. The maximum absolute atomic E-state index is 12.0. The molecule has 1 aliphatic heterocycles. The van der Waals surface area contributed by atoms with E-state index in [0.29, 0.717) is 26.1 Å². The smallest absolute Gasteiger partial charge is 0.318 e. The Kier molecular flexibility index (Phi) is 2.87. The average molecular weight is 225 g/mol. The van der Waals surface area contributed by atoms with Gasteiger partial charge in [0.1, 0.15) is 5.41 Å². The summed E-state index contributed by atoms with van der Waals surface area (Å²) in [5.41, 5.74) is -0.938. The Balaban J connectivity index is 2.37. The lowest BCUT2D eigenvalue weighted by molar-refractivity contribution is -0.229. The zero-order chi connectivity index (χ0) is 11.6. The average Bonchev–Trinajstić information content (AvgIpc) is 2.89. The van der Waals surface area contributed by atoms with E-state index in [-0.39, 0.29) is 6.42 Å². The van der Waals surface area contributed by atoms with Crippen molar-refractivity contribution < 1.29 is 19.0 Å². The van der Waals surface area contributed by atoms with Crippen molar-refractivity contribution in [3.63, 3.8) is 0 Å². The standard InChI is InChI=1S/C11H15NO4/c1-14-9(13)10(5-6-12)3-2-4-11(10)15-7-8-16-11/h2-5,7-8H2,1H3/t10-/m1/s1. The van der Waals surface area contributed by atoms with Gasteiger partial charge >= 0.3 is 5.97 Å². The lowest BCUT2D eigenvalue weighted by Crippen LogP contribution is -2.50. The van der Waals surface area contributed by atoms with Gasteiger partial charge in [-0.1, -0.05) is 0 Å². The van der Waals surface area contributed by atoms with Crippen molar-refractivity contribution in [3.05, 3.63) is 0 Å². The molecule has 1 saturated carbocycles. The van der Waals surface area contributed by atoms with E-state index in [9.17, 15) is 4.79 Å². The van der Waals surface area contributed by atoms with Crippen LogP contribution >= 0.6 is 0 Å². The molecule has 0 aromatic carbocycles. The molecule has 0 N–H and O–H groups in total. The van der Waals surface area contributed by atoms with Crippen molar-refractivity contribution in [1.29, 1.82) is 5.26 Å². The number of rotatable bonds is 2. The summed E-state index contributed by atoms with van der Waals surface area (Å²) in [6.07, 6.45) is 2.15. The molecule has 2 aliphatic rings. The second kappa shape index (κ2) is 4.04. The van der Waals surface area contributed by atoms with Crippen LogP contribution < -0.4 is 0 Å². The second-order valence-corrected chi connectivity index (χ2v) is 4.21. The van der Waals surface area contributed by atoms with Gasteiger partial charge in [-0.3, -0.25) is 4.79 Å². The third-order valence-corrected chi connectivity index (χ3v) is 3.55. The molecule has 0 aromatic heterocycles. The summed E-state index contributed by atoms with van der Waals surface area (Å²) in [4.78, 5) is 12.0. The van der Waals surface area contributed by atoms with E-state index in [1.807, 2.05) is 0 Å². The number of methoxy groups -OCH3 is 1. The molecule has 1 atom stereocenters. The highest BCUT2D eigenvalue weighted by Gasteiger charge is 2.64. The largest absolute Gasteiger partial charge is 0.468 e. The van der Waals surface area contributed by atoms with Gasteiger partial charge in [0.2, 0.25) is 0 Å². The van der Waals surface area contributed by atoms with Crippen LogP contribution in [0.4, 0.5) is 0 Å². The Labute approximate surface area is 94.3 Å². The maximum Gasteiger partial charge on any atom is 0.318 e. The zero-order valence-electron chi connectivity index (χ0n) is 9.32. The number of ether oxygens (including phenoxy) is 3. The Morgan fingerprint density at radius 2 is 2.12 bits per heavy atom. The first kappa shape index (κ1) is 11.4. The van der Waals surface area contributed by atoms with Gasteiger partial charge in [-0.15, -0.1) is 0 Å². The molecule has 5 heteroatoms. The summed E-state index contributed by atoms with van der Waals surface area (Å²) in [6, 6.07) is 2.06. The quantitative estimate of drug-likeness (QED) is 0.655. The summed E-state index contributed by atoms with van der Waals surface area (Å²) in [7, 11) is 1.34. The molecule has 0 aromatic rings. The lowest BCUT2D eigenvalue weighted by Gasteiger charge is -2.37. The maximum atomic E-state index is 12.0. The van der Waals surface area contributed by atoms with Crippen LogP contribution in [0.3, 0.4) is 0 Å². The number of carbonyl (C=O) groups excluding carboxylic acids is 1. The highest BCUT2D eigenvalue weighted by molar-refractivity contribution is 5.79. The molecule has 2 fully saturated rings. The van der Waals surface area contributed by atoms with E-state index in [2.05, 4.69) is 6.07 Å². The van der Waals surface area contributed by atoms with Crippen molar-refractivity contribution in [3.8, 4) is 6.07 Å². The molecule has 1 spiro atoms. The minimum absolute atomic E-state index is 0.0830. The Morgan fingerprint density at radius 1 is 1.44 bits per heavy atom.